The summed E-state index contributed by atoms with van der Waals surface area (Å²) in [5.41, 5.74) is 5.08. The van der Waals surface area contributed by atoms with E-state index in [4.69, 9.17) is 28.9 Å². The van der Waals surface area contributed by atoms with E-state index < -0.39 is 24.2 Å². The third-order valence-electron chi connectivity index (χ3n) is 7.34. The highest BCUT2D eigenvalue weighted by Crippen LogP contribution is 2.33. The first kappa shape index (κ1) is 32.3. The third-order valence-corrected chi connectivity index (χ3v) is 7.34. The Morgan fingerprint density at radius 2 is 1.61 bits per heavy atom. The molecule has 240 valence electrons. The molecule has 12 heteroatoms. The summed E-state index contributed by atoms with van der Waals surface area (Å²) >= 11 is 0. The SMILES string of the molecule is O=C(O)C(F)(F)F.O=C(O)c1ccc(-c2ccc3c(c2)CC[C@H](CNC[C@H](O)COc2ccc4oc5ccccc5c4c2)O3)cc1. The Kier molecular flexibility index (Phi) is 9.78. The van der Waals surface area contributed by atoms with Gasteiger partial charge in [0, 0.05) is 23.9 Å². The van der Waals surface area contributed by atoms with Gasteiger partial charge in [-0.15, -0.1) is 0 Å². The number of carboxylic acid groups (broad SMARTS) is 2. The number of alkyl halides is 3. The van der Waals surface area contributed by atoms with Gasteiger partial charge < -0.3 is 34.5 Å². The summed E-state index contributed by atoms with van der Waals surface area (Å²) in [6.07, 6.45) is -3.97. The molecule has 1 aliphatic heterocycles. The molecule has 1 aromatic heterocycles. The lowest BCUT2D eigenvalue weighted by atomic mass is 9.96. The molecule has 0 fully saturated rings. The number of ether oxygens (including phenoxy) is 2. The molecule has 0 saturated carbocycles. The molecule has 5 aromatic rings. The van der Waals surface area contributed by atoms with E-state index in [0.717, 1.165) is 57.2 Å². The fourth-order valence-electron chi connectivity index (χ4n) is 5.03. The predicted molar refractivity (Wildman–Crippen MR) is 163 cm³/mol. The molecule has 9 nitrogen and oxygen atoms in total. The number of rotatable bonds is 9. The average Bonchev–Trinajstić information content (AvgIpc) is 3.41. The Morgan fingerprint density at radius 3 is 2.33 bits per heavy atom. The zero-order valence-corrected chi connectivity index (χ0v) is 24.3. The minimum Gasteiger partial charge on any atom is -0.491 e. The minimum atomic E-state index is -5.08. The lowest BCUT2D eigenvalue weighted by Gasteiger charge is -2.27. The van der Waals surface area contributed by atoms with Gasteiger partial charge >= 0.3 is 18.1 Å². The number of aliphatic hydroxyl groups is 1. The standard InChI is InChI=1S/C32H29NO6.C2HF3O2/c34-24(19-37-25-12-14-31-28(16-25)27-3-1-2-4-30(27)39-31)17-33-18-26-11-9-23-15-22(10-13-29(23)38-26)20-5-7-21(8-6-20)32(35)36;3-2(4,5)1(6)7/h1-8,10,12-16,24,26,33-34H,9,11,17-19H2,(H,35,36);(H,6,7)/t24-,26+;/m0./s1. The first-order valence-electron chi connectivity index (χ1n) is 14.3. The molecular weight excluding hydrogens is 607 g/mol. The molecule has 0 aliphatic carbocycles. The number of para-hydroxylation sites is 1. The van der Waals surface area contributed by atoms with Crippen LogP contribution < -0.4 is 14.8 Å². The van der Waals surface area contributed by atoms with Crippen molar-refractivity contribution in [3.05, 3.63) is 96.1 Å². The molecule has 2 heterocycles. The number of furan rings is 1. The van der Waals surface area contributed by atoms with Crippen molar-refractivity contribution in [3.63, 3.8) is 0 Å². The molecule has 2 atom stereocenters. The van der Waals surface area contributed by atoms with E-state index in [1.807, 2.05) is 66.7 Å². The lowest BCUT2D eigenvalue weighted by Crippen LogP contribution is -2.39. The Bertz CT molecular complexity index is 1830. The average molecular weight is 638 g/mol. The van der Waals surface area contributed by atoms with E-state index >= 15 is 0 Å². The summed E-state index contributed by atoms with van der Waals surface area (Å²) in [5.74, 6) is -2.13. The molecule has 4 N–H and O–H groups in total. The molecule has 0 saturated heterocycles. The van der Waals surface area contributed by atoms with Gasteiger partial charge in [-0.2, -0.15) is 13.2 Å². The van der Waals surface area contributed by atoms with Crippen LogP contribution in [0.2, 0.25) is 0 Å². The molecule has 1 aliphatic rings. The van der Waals surface area contributed by atoms with Crippen LogP contribution >= 0.6 is 0 Å². The van der Waals surface area contributed by atoms with Crippen molar-refractivity contribution < 1.29 is 52.0 Å². The molecule has 6 rings (SSSR count). The number of carboxylic acids is 2. The molecule has 0 spiro atoms. The number of benzene rings is 4. The highest BCUT2D eigenvalue weighted by atomic mass is 19.4. The van der Waals surface area contributed by atoms with Gasteiger partial charge in [0.25, 0.3) is 0 Å². The summed E-state index contributed by atoms with van der Waals surface area (Å²) in [6, 6.07) is 26.6. The number of halogens is 3. The van der Waals surface area contributed by atoms with Crippen LogP contribution in [0.3, 0.4) is 0 Å². The second-order valence-corrected chi connectivity index (χ2v) is 10.7. The molecular formula is C34H30F3NO8. The van der Waals surface area contributed by atoms with Crippen molar-refractivity contribution in [2.75, 3.05) is 19.7 Å². The number of hydrogen-bond acceptors (Lipinski definition) is 7. The predicted octanol–water partition coefficient (Wildman–Crippen LogP) is 6.31. The second kappa shape index (κ2) is 13.9. The number of aryl methyl sites for hydroxylation is 1. The smallest absolute Gasteiger partial charge is 0.490 e. The van der Waals surface area contributed by atoms with Crippen LogP contribution in [0.4, 0.5) is 13.2 Å². The van der Waals surface area contributed by atoms with Crippen molar-refractivity contribution in [1.29, 1.82) is 0 Å². The Balaban J connectivity index is 0.000000537. The first-order chi connectivity index (χ1) is 22.0. The summed E-state index contributed by atoms with van der Waals surface area (Å²) in [4.78, 5) is 20.0. The normalized spacial score (nSPS) is 14.9. The van der Waals surface area contributed by atoms with Gasteiger partial charge in [0.05, 0.1) is 5.56 Å². The fraction of sp³-hybridized carbons (Fsp3) is 0.235. The number of aromatic carboxylic acids is 1. The third kappa shape index (κ3) is 7.95. The maximum atomic E-state index is 11.1. The van der Waals surface area contributed by atoms with Gasteiger partial charge in [-0.3, -0.25) is 0 Å². The molecule has 0 unspecified atom stereocenters. The van der Waals surface area contributed by atoms with Crippen molar-refractivity contribution in [2.45, 2.75) is 31.2 Å². The van der Waals surface area contributed by atoms with Crippen LogP contribution in [0, 0.1) is 0 Å². The van der Waals surface area contributed by atoms with Crippen molar-refractivity contribution in [3.8, 4) is 22.6 Å². The molecule has 0 amide bonds. The monoisotopic (exact) mass is 637 g/mol. The molecule has 4 aromatic carbocycles. The van der Waals surface area contributed by atoms with Gasteiger partial charge in [0.15, 0.2) is 0 Å². The Morgan fingerprint density at radius 1 is 0.913 bits per heavy atom. The van der Waals surface area contributed by atoms with Crippen LogP contribution in [-0.4, -0.2) is 65.3 Å². The van der Waals surface area contributed by atoms with E-state index in [9.17, 15) is 23.1 Å². The van der Waals surface area contributed by atoms with Crippen LogP contribution in [0.15, 0.2) is 89.3 Å². The maximum absolute atomic E-state index is 11.1. The number of carbonyl (C=O) groups is 2. The van der Waals surface area contributed by atoms with E-state index in [-0.39, 0.29) is 18.3 Å². The van der Waals surface area contributed by atoms with Crippen LogP contribution in [0.5, 0.6) is 11.5 Å². The maximum Gasteiger partial charge on any atom is 0.490 e. The number of hydrogen-bond donors (Lipinski definition) is 4. The van der Waals surface area contributed by atoms with Crippen LogP contribution in [0.1, 0.15) is 22.3 Å². The summed E-state index contributed by atoms with van der Waals surface area (Å²) < 4.78 is 49.6. The van der Waals surface area contributed by atoms with E-state index in [0.29, 0.717) is 18.8 Å². The van der Waals surface area contributed by atoms with E-state index in [1.165, 1.54) is 0 Å². The minimum absolute atomic E-state index is 0.0168. The van der Waals surface area contributed by atoms with E-state index in [1.54, 1.807) is 12.1 Å². The number of aliphatic carboxylic acids is 1. The van der Waals surface area contributed by atoms with Gasteiger partial charge in [-0.1, -0.05) is 36.4 Å². The highest BCUT2D eigenvalue weighted by molar-refractivity contribution is 6.05. The van der Waals surface area contributed by atoms with Gasteiger partial charge in [-0.05, 0) is 78.1 Å². The number of fused-ring (bicyclic) bond motifs is 4. The first-order valence-corrected chi connectivity index (χ1v) is 14.3. The zero-order valence-electron chi connectivity index (χ0n) is 24.3. The largest absolute Gasteiger partial charge is 0.491 e. The number of nitrogens with one attached hydrogen (secondary N) is 1. The summed E-state index contributed by atoms with van der Waals surface area (Å²) in [7, 11) is 0. The Hall–Kier alpha value is -5.07. The Labute approximate surface area is 260 Å². The van der Waals surface area contributed by atoms with Crippen molar-refractivity contribution in [1.82, 2.24) is 5.32 Å². The van der Waals surface area contributed by atoms with Gasteiger partial charge in [0.2, 0.25) is 0 Å². The topological polar surface area (TPSA) is 138 Å². The van der Waals surface area contributed by atoms with Gasteiger partial charge in [-0.25, -0.2) is 9.59 Å². The zero-order chi connectivity index (χ0) is 32.8. The van der Waals surface area contributed by atoms with E-state index in [2.05, 4.69) is 11.4 Å². The van der Waals surface area contributed by atoms with Crippen LogP contribution in [0.25, 0.3) is 33.1 Å². The van der Waals surface area contributed by atoms with Gasteiger partial charge in [0.1, 0.15) is 41.5 Å². The molecule has 46 heavy (non-hydrogen) atoms. The highest BCUT2D eigenvalue weighted by Gasteiger charge is 2.38. The second-order valence-electron chi connectivity index (χ2n) is 10.7. The summed E-state index contributed by atoms with van der Waals surface area (Å²) in [5, 5.41) is 32.0. The summed E-state index contributed by atoms with van der Waals surface area (Å²) in [6.45, 7) is 1.20. The van der Waals surface area contributed by atoms with Crippen molar-refractivity contribution >= 4 is 33.9 Å². The lowest BCUT2D eigenvalue weighted by molar-refractivity contribution is -0.192. The van der Waals surface area contributed by atoms with Crippen LogP contribution in [-0.2, 0) is 11.2 Å². The quantitative estimate of drug-likeness (QED) is 0.147. The molecule has 0 bridgehead atoms. The number of aliphatic hydroxyl groups excluding tert-OH is 1. The van der Waals surface area contributed by atoms with Crippen molar-refractivity contribution in [2.24, 2.45) is 0 Å². The fourth-order valence-corrected chi connectivity index (χ4v) is 5.03. The molecule has 0 radical (unpaired) electrons.